The van der Waals surface area contributed by atoms with Gasteiger partial charge in [0.05, 0.1) is 30.5 Å². The lowest BCUT2D eigenvalue weighted by atomic mass is 10.0. The molecule has 0 bridgehead atoms. The zero-order valence-electron chi connectivity index (χ0n) is 16.0. The normalized spacial score (nSPS) is 19.7. The molecule has 8 heteroatoms. The summed E-state index contributed by atoms with van der Waals surface area (Å²) in [6, 6.07) is 6.75. The van der Waals surface area contributed by atoms with Crippen molar-refractivity contribution in [3.05, 3.63) is 59.5 Å². The number of amides is 2. The first-order valence-corrected chi connectivity index (χ1v) is 9.75. The van der Waals surface area contributed by atoms with Crippen LogP contribution in [0.25, 0.3) is 11.3 Å². The smallest absolute Gasteiger partial charge is 0.269 e. The SMILES string of the molecule is C=CC(=O)N1CC2(CC2)OC[C@@H]1c1cc(Cl)nc(-c2ccnc(C(=O)NC)c2)c1. The van der Waals surface area contributed by atoms with Crippen LogP contribution in [0.3, 0.4) is 0 Å². The van der Waals surface area contributed by atoms with Crippen LogP contribution in [0.5, 0.6) is 0 Å². The first-order chi connectivity index (χ1) is 13.9. The van der Waals surface area contributed by atoms with Gasteiger partial charge in [0, 0.05) is 18.8 Å². The number of morpholine rings is 1. The molecule has 1 aliphatic heterocycles. The number of pyridine rings is 2. The van der Waals surface area contributed by atoms with E-state index in [4.69, 9.17) is 16.3 Å². The molecule has 4 rings (SSSR count). The fourth-order valence-corrected chi connectivity index (χ4v) is 3.79. The lowest BCUT2D eigenvalue weighted by Crippen LogP contribution is -2.48. The van der Waals surface area contributed by atoms with Gasteiger partial charge in [0.25, 0.3) is 5.91 Å². The number of halogens is 1. The highest BCUT2D eigenvalue weighted by Crippen LogP contribution is 2.46. The van der Waals surface area contributed by atoms with Crippen molar-refractivity contribution in [3.8, 4) is 11.3 Å². The minimum atomic E-state index is -0.286. The Kier molecular flexibility index (Phi) is 5.10. The van der Waals surface area contributed by atoms with Crippen LogP contribution in [-0.4, -0.2) is 52.5 Å². The molecule has 2 aliphatic rings. The predicted octanol–water partition coefficient (Wildman–Crippen LogP) is 2.78. The van der Waals surface area contributed by atoms with Crippen molar-refractivity contribution in [1.82, 2.24) is 20.2 Å². The summed E-state index contributed by atoms with van der Waals surface area (Å²) < 4.78 is 6.06. The summed E-state index contributed by atoms with van der Waals surface area (Å²) in [5.74, 6) is -0.419. The number of nitrogens with zero attached hydrogens (tertiary/aromatic N) is 3. The van der Waals surface area contributed by atoms with E-state index in [9.17, 15) is 9.59 Å². The van der Waals surface area contributed by atoms with E-state index in [1.807, 2.05) is 6.07 Å². The first-order valence-electron chi connectivity index (χ1n) is 9.38. The van der Waals surface area contributed by atoms with Crippen molar-refractivity contribution in [2.45, 2.75) is 24.5 Å². The zero-order chi connectivity index (χ0) is 20.6. The van der Waals surface area contributed by atoms with Crippen molar-refractivity contribution >= 4 is 23.4 Å². The Morgan fingerprint density at radius 1 is 1.38 bits per heavy atom. The van der Waals surface area contributed by atoms with Gasteiger partial charge in [-0.25, -0.2) is 4.98 Å². The van der Waals surface area contributed by atoms with E-state index in [1.165, 1.54) is 6.08 Å². The van der Waals surface area contributed by atoms with E-state index >= 15 is 0 Å². The third-order valence-corrected chi connectivity index (χ3v) is 5.56. The molecule has 3 heterocycles. The summed E-state index contributed by atoms with van der Waals surface area (Å²) in [5, 5.41) is 2.85. The molecule has 1 saturated carbocycles. The van der Waals surface area contributed by atoms with Gasteiger partial charge in [-0.05, 0) is 48.7 Å². The van der Waals surface area contributed by atoms with Crippen LogP contribution in [0.2, 0.25) is 5.15 Å². The van der Waals surface area contributed by atoms with Gasteiger partial charge in [-0.2, -0.15) is 0 Å². The van der Waals surface area contributed by atoms with Gasteiger partial charge >= 0.3 is 0 Å². The minimum absolute atomic E-state index is 0.134. The van der Waals surface area contributed by atoms with E-state index in [1.54, 1.807) is 36.3 Å². The highest BCUT2D eigenvalue weighted by molar-refractivity contribution is 6.29. The van der Waals surface area contributed by atoms with Crippen LogP contribution < -0.4 is 5.32 Å². The average molecular weight is 413 g/mol. The summed E-state index contributed by atoms with van der Waals surface area (Å²) in [6.45, 7) is 4.56. The zero-order valence-corrected chi connectivity index (χ0v) is 16.8. The molecule has 1 aliphatic carbocycles. The summed E-state index contributed by atoms with van der Waals surface area (Å²) in [5.41, 5.74) is 2.21. The Morgan fingerprint density at radius 3 is 2.86 bits per heavy atom. The summed E-state index contributed by atoms with van der Waals surface area (Å²) in [6.07, 6.45) is 4.80. The lowest BCUT2D eigenvalue weighted by molar-refractivity contribution is -0.143. The Balaban J connectivity index is 1.70. The molecule has 7 nitrogen and oxygen atoms in total. The largest absolute Gasteiger partial charge is 0.371 e. The van der Waals surface area contributed by atoms with Gasteiger partial charge in [-0.15, -0.1) is 0 Å². The molecule has 2 fully saturated rings. The predicted molar refractivity (Wildman–Crippen MR) is 108 cm³/mol. The summed E-state index contributed by atoms with van der Waals surface area (Å²) >= 11 is 6.31. The van der Waals surface area contributed by atoms with Crippen LogP contribution in [0, 0.1) is 0 Å². The maximum atomic E-state index is 12.5. The van der Waals surface area contributed by atoms with Crippen molar-refractivity contribution in [1.29, 1.82) is 0 Å². The Bertz CT molecular complexity index is 990. The van der Waals surface area contributed by atoms with E-state index in [0.717, 1.165) is 18.4 Å². The molecule has 0 unspecified atom stereocenters. The van der Waals surface area contributed by atoms with Gasteiger partial charge in [0.15, 0.2) is 0 Å². The molecule has 150 valence electrons. The van der Waals surface area contributed by atoms with Crippen molar-refractivity contribution in [2.75, 3.05) is 20.2 Å². The van der Waals surface area contributed by atoms with Crippen LogP contribution >= 0.6 is 11.6 Å². The molecular weight excluding hydrogens is 392 g/mol. The van der Waals surface area contributed by atoms with Gasteiger partial charge in [-0.1, -0.05) is 18.2 Å². The number of ether oxygens (including phenoxy) is 1. The van der Waals surface area contributed by atoms with Gasteiger partial charge in [0.2, 0.25) is 5.91 Å². The van der Waals surface area contributed by atoms with Crippen molar-refractivity contribution in [3.63, 3.8) is 0 Å². The molecule has 1 saturated heterocycles. The highest BCUT2D eigenvalue weighted by Gasteiger charge is 2.51. The molecule has 1 atom stereocenters. The van der Waals surface area contributed by atoms with Gasteiger partial charge in [0.1, 0.15) is 10.8 Å². The Labute approximate surface area is 173 Å². The van der Waals surface area contributed by atoms with E-state index in [2.05, 4.69) is 21.9 Å². The van der Waals surface area contributed by atoms with Gasteiger partial charge < -0.3 is 15.0 Å². The Hall–Kier alpha value is -2.77. The topological polar surface area (TPSA) is 84.4 Å². The molecule has 2 aromatic heterocycles. The summed E-state index contributed by atoms with van der Waals surface area (Å²) in [4.78, 5) is 34.7. The maximum absolute atomic E-state index is 12.5. The lowest BCUT2D eigenvalue weighted by Gasteiger charge is -2.40. The first kappa shape index (κ1) is 19.5. The number of aromatic nitrogens is 2. The molecule has 2 aromatic rings. The van der Waals surface area contributed by atoms with Crippen LogP contribution in [0.4, 0.5) is 0 Å². The summed E-state index contributed by atoms with van der Waals surface area (Å²) in [7, 11) is 1.55. The molecule has 29 heavy (non-hydrogen) atoms. The standard InChI is InChI=1S/C21H21ClN4O3/c1-3-19(27)26-12-21(5-6-21)29-11-17(26)14-9-15(25-18(22)10-14)13-4-7-24-16(8-13)20(28)23-2/h3-4,7-10,17H,1,5-6,11-12H2,2H3,(H,23,28)/t17-/m1/s1. The average Bonchev–Trinajstić information content (AvgIpc) is 3.50. The molecule has 2 amide bonds. The number of carbonyl (C=O) groups is 2. The monoisotopic (exact) mass is 412 g/mol. The fraction of sp³-hybridized carbons (Fsp3) is 0.333. The highest BCUT2D eigenvalue weighted by atomic mass is 35.5. The molecule has 0 radical (unpaired) electrons. The molecular formula is C21H21ClN4O3. The number of nitrogens with one attached hydrogen (secondary N) is 1. The molecule has 0 aromatic carbocycles. The van der Waals surface area contributed by atoms with Crippen LogP contribution in [0.1, 0.15) is 34.9 Å². The third kappa shape index (κ3) is 3.88. The van der Waals surface area contributed by atoms with Crippen LogP contribution in [-0.2, 0) is 9.53 Å². The van der Waals surface area contributed by atoms with E-state index < -0.39 is 0 Å². The molecule has 1 spiro atoms. The number of hydrogen-bond donors (Lipinski definition) is 1. The second-order valence-corrected chi connectivity index (χ2v) is 7.68. The minimum Gasteiger partial charge on any atom is -0.371 e. The second-order valence-electron chi connectivity index (χ2n) is 7.30. The van der Waals surface area contributed by atoms with Crippen molar-refractivity contribution < 1.29 is 14.3 Å². The maximum Gasteiger partial charge on any atom is 0.269 e. The number of rotatable bonds is 4. The van der Waals surface area contributed by atoms with Crippen molar-refractivity contribution in [2.24, 2.45) is 0 Å². The Morgan fingerprint density at radius 2 is 2.17 bits per heavy atom. The number of hydrogen-bond acceptors (Lipinski definition) is 5. The van der Waals surface area contributed by atoms with Gasteiger partial charge in [-0.3, -0.25) is 14.6 Å². The van der Waals surface area contributed by atoms with Crippen LogP contribution in [0.15, 0.2) is 43.1 Å². The quantitative estimate of drug-likeness (QED) is 0.616. The van der Waals surface area contributed by atoms with E-state index in [0.29, 0.717) is 29.6 Å². The number of carbonyl (C=O) groups excluding carboxylic acids is 2. The van der Waals surface area contributed by atoms with E-state index in [-0.39, 0.29) is 29.2 Å². The second kappa shape index (κ2) is 7.57. The fourth-order valence-electron chi connectivity index (χ4n) is 3.58. The third-order valence-electron chi connectivity index (χ3n) is 5.36. The molecule has 1 N–H and O–H groups in total.